The van der Waals surface area contributed by atoms with Gasteiger partial charge in [0.25, 0.3) is 0 Å². The van der Waals surface area contributed by atoms with Crippen LogP contribution in [0.25, 0.3) is 0 Å². The third-order valence-electron chi connectivity index (χ3n) is 1.83. The van der Waals surface area contributed by atoms with Crippen molar-refractivity contribution in [2.45, 2.75) is 20.3 Å². The van der Waals surface area contributed by atoms with Crippen molar-refractivity contribution in [3.05, 3.63) is 48.2 Å². The monoisotopic (exact) mass is 175 g/mol. The van der Waals surface area contributed by atoms with E-state index in [0.29, 0.717) is 0 Å². The highest BCUT2D eigenvalue weighted by Gasteiger charge is 1.92. The molecule has 0 unspecified atom stereocenters. The molecule has 0 aromatic rings. The van der Waals surface area contributed by atoms with Crippen molar-refractivity contribution in [3.63, 3.8) is 0 Å². The van der Waals surface area contributed by atoms with E-state index in [9.17, 15) is 0 Å². The molecule has 0 rings (SSSR count). The molecule has 70 valence electrons. The molecule has 0 aliphatic heterocycles. The molecule has 0 aromatic heterocycles. The van der Waals surface area contributed by atoms with E-state index in [1.165, 1.54) is 5.57 Å². The summed E-state index contributed by atoms with van der Waals surface area (Å²) < 4.78 is 0. The fourth-order valence-electron chi connectivity index (χ4n) is 0.705. The lowest BCUT2D eigenvalue weighted by atomic mass is 10.1. The third kappa shape index (κ3) is 4.26. The first kappa shape index (κ1) is 11.6. The molecule has 0 N–H and O–H groups in total. The van der Waals surface area contributed by atoms with E-state index in [4.69, 9.17) is 0 Å². The van der Waals surface area contributed by atoms with Crippen LogP contribution in [0.2, 0.25) is 0 Å². The Hall–Kier alpha value is -1.37. The molecule has 1 nitrogen and oxygen atoms in total. The lowest BCUT2D eigenvalue weighted by molar-refractivity contribution is 1.10. The largest absolute Gasteiger partial charge is 0.264 e. The van der Waals surface area contributed by atoms with E-state index in [0.717, 1.165) is 17.7 Å². The topological polar surface area (TPSA) is 12.4 Å². The molecular formula is C12H17N. The molecule has 0 spiro atoms. The van der Waals surface area contributed by atoms with Crippen LogP contribution in [0.4, 0.5) is 0 Å². The molecule has 0 saturated heterocycles. The predicted molar refractivity (Wildman–Crippen MR) is 61.0 cm³/mol. The predicted octanol–water partition coefficient (Wildman–Crippen LogP) is 3.67. The summed E-state index contributed by atoms with van der Waals surface area (Å²) in [4.78, 5) is 3.86. The molecule has 0 bridgehead atoms. The van der Waals surface area contributed by atoms with Crippen LogP contribution in [0.5, 0.6) is 0 Å². The SMILES string of the molecule is C=CC(=C)/C(=C\C=C(\C)CC)N=C. The Labute approximate surface area is 80.9 Å². The number of hydrogen-bond acceptors (Lipinski definition) is 1. The number of rotatable bonds is 5. The second kappa shape index (κ2) is 6.18. The zero-order valence-electron chi connectivity index (χ0n) is 8.51. The Kier molecular flexibility index (Phi) is 5.53. The average molecular weight is 175 g/mol. The first-order valence-corrected chi connectivity index (χ1v) is 4.31. The molecular weight excluding hydrogens is 158 g/mol. The number of hydrogen-bond donors (Lipinski definition) is 0. The highest BCUT2D eigenvalue weighted by atomic mass is 14.7. The van der Waals surface area contributed by atoms with E-state index in [-0.39, 0.29) is 0 Å². The van der Waals surface area contributed by atoms with Gasteiger partial charge in [-0.3, -0.25) is 4.99 Å². The van der Waals surface area contributed by atoms with Crippen LogP contribution in [0.15, 0.2) is 53.2 Å². The summed E-state index contributed by atoms with van der Waals surface area (Å²) in [5, 5.41) is 0. The maximum absolute atomic E-state index is 3.86. The maximum atomic E-state index is 3.86. The summed E-state index contributed by atoms with van der Waals surface area (Å²) in [6, 6.07) is 0. The van der Waals surface area contributed by atoms with Crippen LogP contribution in [0, 0.1) is 0 Å². The molecule has 13 heavy (non-hydrogen) atoms. The summed E-state index contributed by atoms with van der Waals surface area (Å²) in [7, 11) is 0. The summed E-state index contributed by atoms with van der Waals surface area (Å²) in [5.74, 6) is 0. The van der Waals surface area contributed by atoms with Gasteiger partial charge in [-0.1, -0.05) is 37.8 Å². The van der Waals surface area contributed by atoms with Gasteiger partial charge < -0.3 is 0 Å². The van der Waals surface area contributed by atoms with Crippen LogP contribution >= 0.6 is 0 Å². The minimum Gasteiger partial charge on any atom is -0.264 e. The molecule has 0 aliphatic rings. The summed E-state index contributed by atoms with van der Waals surface area (Å²) in [6.45, 7) is 15.1. The summed E-state index contributed by atoms with van der Waals surface area (Å²) >= 11 is 0. The Morgan fingerprint density at radius 2 is 2.00 bits per heavy atom. The van der Waals surface area contributed by atoms with Crippen molar-refractivity contribution in [2.24, 2.45) is 4.99 Å². The molecule has 0 fully saturated rings. The Morgan fingerprint density at radius 1 is 1.38 bits per heavy atom. The van der Waals surface area contributed by atoms with Crippen molar-refractivity contribution in [1.29, 1.82) is 0 Å². The van der Waals surface area contributed by atoms with E-state index < -0.39 is 0 Å². The molecule has 0 atom stereocenters. The highest BCUT2D eigenvalue weighted by molar-refractivity contribution is 5.43. The van der Waals surface area contributed by atoms with Crippen molar-refractivity contribution in [2.75, 3.05) is 0 Å². The molecule has 0 heterocycles. The van der Waals surface area contributed by atoms with Gasteiger partial charge in [-0.25, -0.2) is 0 Å². The molecule has 0 radical (unpaired) electrons. The molecule has 1 heteroatoms. The maximum Gasteiger partial charge on any atom is 0.0688 e. The van der Waals surface area contributed by atoms with Crippen LogP contribution in [0.1, 0.15) is 20.3 Å². The number of aliphatic imine (C=N–C) groups is 1. The van der Waals surface area contributed by atoms with Gasteiger partial charge in [0.1, 0.15) is 0 Å². The Bertz CT molecular complexity index is 267. The molecule has 0 saturated carbocycles. The first-order valence-electron chi connectivity index (χ1n) is 4.31. The molecule has 0 amide bonds. The quantitative estimate of drug-likeness (QED) is 0.446. The second-order valence-electron chi connectivity index (χ2n) is 2.81. The van der Waals surface area contributed by atoms with Gasteiger partial charge in [0, 0.05) is 0 Å². The van der Waals surface area contributed by atoms with Gasteiger partial charge in [0.05, 0.1) is 5.70 Å². The van der Waals surface area contributed by atoms with Crippen molar-refractivity contribution >= 4 is 6.72 Å². The lowest BCUT2D eigenvalue weighted by Crippen LogP contribution is -1.79. The summed E-state index contributed by atoms with van der Waals surface area (Å²) in [6.07, 6.45) is 6.66. The lowest BCUT2D eigenvalue weighted by Gasteiger charge is -1.98. The van der Waals surface area contributed by atoms with E-state index in [2.05, 4.69) is 38.7 Å². The van der Waals surface area contributed by atoms with Gasteiger partial charge in [0.15, 0.2) is 0 Å². The molecule has 0 aliphatic carbocycles. The fourth-order valence-corrected chi connectivity index (χ4v) is 0.705. The smallest absolute Gasteiger partial charge is 0.0688 e. The third-order valence-corrected chi connectivity index (χ3v) is 1.83. The zero-order chi connectivity index (χ0) is 10.3. The van der Waals surface area contributed by atoms with E-state index in [1.807, 2.05) is 12.2 Å². The van der Waals surface area contributed by atoms with Crippen LogP contribution in [-0.4, -0.2) is 6.72 Å². The average Bonchev–Trinajstić information content (AvgIpc) is 2.17. The van der Waals surface area contributed by atoms with Gasteiger partial charge in [-0.15, -0.1) is 0 Å². The van der Waals surface area contributed by atoms with Crippen molar-refractivity contribution in [1.82, 2.24) is 0 Å². The fraction of sp³-hybridized carbons (Fsp3) is 0.250. The minimum absolute atomic E-state index is 0.780. The minimum atomic E-state index is 0.780. The first-order chi connectivity index (χ1) is 6.15. The Balaban J connectivity index is 4.67. The van der Waals surface area contributed by atoms with Crippen LogP contribution in [-0.2, 0) is 0 Å². The van der Waals surface area contributed by atoms with Gasteiger partial charge in [-0.05, 0) is 31.7 Å². The number of allylic oxidation sites excluding steroid dienone is 4. The van der Waals surface area contributed by atoms with E-state index in [1.54, 1.807) is 6.08 Å². The normalized spacial score (nSPS) is 12.5. The van der Waals surface area contributed by atoms with E-state index >= 15 is 0 Å². The zero-order valence-corrected chi connectivity index (χ0v) is 8.51. The molecule has 0 aromatic carbocycles. The second-order valence-corrected chi connectivity index (χ2v) is 2.81. The number of nitrogens with zero attached hydrogens (tertiary/aromatic N) is 1. The van der Waals surface area contributed by atoms with Gasteiger partial charge >= 0.3 is 0 Å². The van der Waals surface area contributed by atoms with Crippen LogP contribution < -0.4 is 0 Å². The summed E-state index contributed by atoms with van der Waals surface area (Å²) in [5.41, 5.74) is 2.89. The van der Waals surface area contributed by atoms with Crippen molar-refractivity contribution in [3.8, 4) is 0 Å². The van der Waals surface area contributed by atoms with Gasteiger partial charge in [-0.2, -0.15) is 0 Å². The van der Waals surface area contributed by atoms with Crippen molar-refractivity contribution < 1.29 is 0 Å². The highest BCUT2D eigenvalue weighted by Crippen LogP contribution is 2.10. The van der Waals surface area contributed by atoms with Gasteiger partial charge in [0.2, 0.25) is 0 Å². The van der Waals surface area contributed by atoms with Crippen LogP contribution in [0.3, 0.4) is 0 Å². The Morgan fingerprint density at radius 3 is 2.38 bits per heavy atom. The standard InChI is InChI=1S/C12H17N/c1-6-10(3)8-9-12(13-5)11(4)7-2/h7-9H,2,4-6H2,1,3H3/b10-8-,12-9+.